The van der Waals surface area contributed by atoms with Gasteiger partial charge in [-0.25, -0.2) is 0 Å². The first-order valence-corrected chi connectivity index (χ1v) is 7.02. The molecule has 0 amide bonds. The molecule has 0 fully saturated rings. The summed E-state index contributed by atoms with van der Waals surface area (Å²) in [5.74, 6) is 0. The fourth-order valence-corrected chi connectivity index (χ4v) is 2.56. The third-order valence-electron chi connectivity index (χ3n) is 3.47. The summed E-state index contributed by atoms with van der Waals surface area (Å²) in [6, 6.07) is 8.96. The van der Waals surface area contributed by atoms with Gasteiger partial charge in [0.15, 0.2) is 0 Å². The zero-order valence-corrected chi connectivity index (χ0v) is 12.3. The number of benzene rings is 1. The Hall–Kier alpha value is -1.61. The molecule has 1 unspecified atom stereocenters. The first kappa shape index (κ1) is 13.8. The SMILES string of the molecule is CCNC(C)c1ccccc1-c1cn(C)nc1CC. The summed E-state index contributed by atoms with van der Waals surface area (Å²) in [5.41, 5.74) is 5.05. The van der Waals surface area contributed by atoms with E-state index in [1.54, 1.807) is 0 Å². The van der Waals surface area contributed by atoms with Gasteiger partial charge >= 0.3 is 0 Å². The quantitative estimate of drug-likeness (QED) is 0.890. The fraction of sp³-hybridized carbons (Fsp3) is 0.438. The van der Waals surface area contributed by atoms with Crippen molar-refractivity contribution < 1.29 is 0 Å². The zero-order valence-electron chi connectivity index (χ0n) is 12.3. The number of nitrogens with zero attached hydrogens (tertiary/aromatic N) is 2. The van der Waals surface area contributed by atoms with Crippen LogP contribution in [0, 0.1) is 0 Å². The maximum Gasteiger partial charge on any atom is 0.0700 e. The average Bonchev–Trinajstić information content (AvgIpc) is 2.80. The molecule has 1 aromatic carbocycles. The lowest BCUT2D eigenvalue weighted by atomic mass is 9.95. The van der Waals surface area contributed by atoms with Crippen LogP contribution in [0.5, 0.6) is 0 Å². The van der Waals surface area contributed by atoms with E-state index in [1.807, 2.05) is 11.7 Å². The molecule has 0 saturated carbocycles. The van der Waals surface area contributed by atoms with Crippen molar-refractivity contribution >= 4 is 0 Å². The predicted octanol–water partition coefficient (Wildman–Crippen LogP) is 3.32. The predicted molar refractivity (Wildman–Crippen MR) is 80.1 cm³/mol. The number of nitrogens with one attached hydrogen (secondary N) is 1. The van der Waals surface area contributed by atoms with E-state index in [0.717, 1.165) is 13.0 Å². The van der Waals surface area contributed by atoms with E-state index in [1.165, 1.54) is 22.4 Å². The second-order valence-electron chi connectivity index (χ2n) is 4.88. The molecule has 0 spiro atoms. The largest absolute Gasteiger partial charge is 0.310 e. The van der Waals surface area contributed by atoms with Gasteiger partial charge in [0.25, 0.3) is 0 Å². The molecule has 0 radical (unpaired) electrons. The molecule has 2 aromatic rings. The number of hydrogen-bond acceptors (Lipinski definition) is 2. The Morgan fingerprint density at radius 1 is 1.21 bits per heavy atom. The van der Waals surface area contributed by atoms with Crippen molar-refractivity contribution in [1.29, 1.82) is 0 Å². The highest BCUT2D eigenvalue weighted by molar-refractivity contribution is 5.69. The Morgan fingerprint density at radius 3 is 2.63 bits per heavy atom. The van der Waals surface area contributed by atoms with Crippen LogP contribution in [0.2, 0.25) is 0 Å². The molecule has 1 heterocycles. The maximum atomic E-state index is 4.55. The summed E-state index contributed by atoms with van der Waals surface area (Å²) in [6.45, 7) is 7.48. The summed E-state index contributed by atoms with van der Waals surface area (Å²) in [6.07, 6.45) is 3.08. The summed E-state index contributed by atoms with van der Waals surface area (Å²) in [5, 5.41) is 8.04. The van der Waals surface area contributed by atoms with Crippen LogP contribution in [-0.2, 0) is 13.5 Å². The van der Waals surface area contributed by atoms with Crippen molar-refractivity contribution in [2.75, 3.05) is 6.54 Å². The Kier molecular flexibility index (Phi) is 4.38. The van der Waals surface area contributed by atoms with Crippen molar-refractivity contribution in [2.24, 2.45) is 7.05 Å². The highest BCUT2D eigenvalue weighted by Gasteiger charge is 2.15. The Bertz CT molecular complexity index is 543. The van der Waals surface area contributed by atoms with Gasteiger partial charge in [0.2, 0.25) is 0 Å². The third-order valence-corrected chi connectivity index (χ3v) is 3.47. The molecule has 0 saturated heterocycles. The van der Waals surface area contributed by atoms with Gasteiger partial charge in [-0.2, -0.15) is 5.10 Å². The lowest BCUT2D eigenvalue weighted by Gasteiger charge is -2.17. The van der Waals surface area contributed by atoms with Crippen LogP contribution >= 0.6 is 0 Å². The van der Waals surface area contributed by atoms with Gasteiger partial charge in [-0.1, -0.05) is 38.1 Å². The van der Waals surface area contributed by atoms with Crippen molar-refractivity contribution in [3.05, 3.63) is 41.7 Å². The summed E-state index contributed by atoms with van der Waals surface area (Å²) < 4.78 is 1.91. The highest BCUT2D eigenvalue weighted by Crippen LogP contribution is 2.30. The number of aromatic nitrogens is 2. The van der Waals surface area contributed by atoms with Gasteiger partial charge in [-0.05, 0) is 31.0 Å². The lowest BCUT2D eigenvalue weighted by Crippen LogP contribution is -2.18. The summed E-state index contributed by atoms with van der Waals surface area (Å²) in [4.78, 5) is 0. The average molecular weight is 257 g/mol. The number of hydrogen-bond donors (Lipinski definition) is 1. The standard InChI is InChI=1S/C16H23N3/c1-5-16-15(11-19(4)18-16)14-10-8-7-9-13(14)12(3)17-6-2/h7-12,17H,5-6H2,1-4H3. The summed E-state index contributed by atoms with van der Waals surface area (Å²) >= 11 is 0. The van der Waals surface area contributed by atoms with E-state index in [4.69, 9.17) is 0 Å². The van der Waals surface area contributed by atoms with E-state index in [0.29, 0.717) is 6.04 Å². The Morgan fingerprint density at radius 2 is 1.95 bits per heavy atom. The number of aryl methyl sites for hydroxylation is 2. The van der Waals surface area contributed by atoms with Gasteiger partial charge in [0.1, 0.15) is 0 Å². The van der Waals surface area contributed by atoms with Gasteiger partial charge in [-0.15, -0.1) is 0 Å². The molecule has 19 heavy (non-hydrogen) atoms. The highest BCUT2D eigenvalue weighted by atomic mass is 15.2. The molecule has 0 aliphatic heterocycles. The van der Waals surface area contributed by atoms with Crippen molar-refractivity contribution in [3.8, 4) is 11.1 Å². The molecule has 1 N–H and O–H groups in total. The first-order valence-electron chi connectivity index (χ1n) is 7.02. The topological polar surface area (TPSA) is 29.9 Å². The van der Waals surface area contributed by atoms with Crippen LogP contribution < -0.4 is 5.32 Å². The normalized spacial score (nSPS) is 12.6. The van der Waals surface area contributed by atoms with Gasteiger partial charge < -0.3 is 5.32 Å². The monoisotopic (exact) mass is 257 g/mol. The molecule has 102 valence electrons. The van der Waals surface area contributed by atoms with Crippen LogP contribution in [-0.4, -0.2) is 16.3 Å². The van der Waals surface area contributed by atoms with E-state index in [-0.39, 0.29) is 0 Å². The molecular formula is C16H23N3. The minimum Gasteiger partial charge on any atom is -0.310 e. The molecule has 0 aliphatic carbocycles. The molecule has 1 aromatic heterocycles. The molecule has 0 bridgehead atoms. The van der Waals surface area contributed by atoms with Crippen molar-refractivity contribution in [3.63, 3.8) is 0 Å². The van der Waals surface area contributed by atoms with Crippen molar-refractivity contribution in [2.45, 2.75) is 33.2 Å². The summed E-state index contributed by atoms with van der Waals surface area (Å²) in [7, 11) is 1.99. The van der Waals surface area contributed by atoms with E-state index in [2.05, 4.69) is 61.6 Å². The smallest absolute Gasteiger partial charge is 0.0700 e. The van der Waals surface area contributed by atoms with Crippen LogP contribution in [0.4, 0.5) is 0 Å². The maximum absolute atomic E-state index is 4.55. The second-order valence-corrected chi connectivity index (χ2v) is 4.88. The molecule has 3 heteroatoms. The zero-order chi connectivity index (χ0) is 13.8. The van der Waals surface area contributed by atoms with E-state index in [9.17, 15) is 0 Å². The first-order chi connectivity index (χ1) is 9.17. The lowest BCUT2D eigenvalue weighted by molar-refractivity contribution is 0.599. The van der Waals surface area contributed by atoms with Gasteiger partial charge in [-0.3, -0.25) is 4.68 Å². The molecular weight excluding hydrogens is 234 g/mol. The number of rotatable bonds is 5. The molecule has 3 nitrogen and oxygen atoms in total. The van der Waals surface area contributed by atoms with Crippen LogP contribution in [0.3, 0.4) is 0 Å². The van der Waals surface area contributed by atoms with Gasteiger partial charge in [0, 0.05) is 24.8 Å². The van der Waals surface area contributed by atoms with E-state index < -0.39 is 0 Å². The minimum absolute atomic E-state index is 0.353. The third kappa shape index (κ3) is 2.87. The second kappa shape index (κ2) is 6.02. The molecule has 2 rings (SSSR count). The van der Waals surface area contributed by atoms with Crippen LogP contribution in [0.15, 0.2) is 30.5 Å². The van der Waals surface area contributed by atoms with E-state index >= 15 is 0 Å². The minimum atomic E-state index is 0.353. The van der Waals surface area contributed by atoms with Gasteiger partial charge in [0.05, 0.1) is 5.69 Å². The molecule has 0 aliphatic rings. The van der Waals surface area contributed by atoms with Crippen LogP contribution in [0.1, 0.15) is 38.1 Å². The van der Waals surface area contributed by atoms with Crippen LogP contribution in [0.25, 0.3) is 11.1 Å². The fourth-order valence-electron chi connectivity index (χ4n) is 2.56. The van der Waals surface area contributed by atoms with Crippen molar-refractivity contribution in [1.82, 2.24) is 15.1 Å². The molecule has 1 atom stereocenters. The Balaban J connectivity index is 2.49. The Labute approximate surface area is 115 Å².